The summed E-state index contributed by atoms with van der Waals surface area (Å²) in [5.41, 5.74) is 7.71. The van der Waals surface area contributed by atoms with Crippen molar-refractivity contribution in [2.45, 2.75) is 26.3 Å². The van der Waals surface area contributed by atoms with Crippen LogP contribution in [0.4, 0.5) is 0 Å². The first-order valence-corrected chi connectivity index (χ1v) is 5.19. The summed E-state index contributed by atoms with van der Waals surface area (Å²) < 4.78 is 5.42. The molecule has 1 aromatic carbocycles. The second-order valence-electron chi connectivity index (χ2n) is 3.83. The molecular formula is C12H17NO3. The van der Waals surface area contributed by atoms with E-state index in [0.29, 0.717) is 13.0 Å². The fraction of sp³-hybridized carbons (Fsp3) is 0.417. The molecule has 0 aliphatic rings. The lowest BCUT2D eigenvalue weighted by atomic mass is 10.1. The van der Waals surface area contributed by atoms with Gasteiger partial charge < -0.3 is 15.6 Å². The highest BCUT2D eigenvalue weighted by atomic mass is 16.5. The van der Waals surface area contributed by atoms with Crippen molar-refractivity contribution in [3.05, 3.63) is 29.3 Å². The highest BCUT2D eigenvalue weighted by molar-refractivity contribution is 5.72. The van der Waals surface area contributed by atoms with Crippen molar-refractivity contribution in [1.82, 2.24) is 0 Å². The molecule has 0 aromatic heterocycles. The molecule has 0 saturated carbocycles. The van der Waals surface area contributed by atoms with Crippen molar-refractivity contribution in [2.75, 3.05) is 6.61 Å². The van der Waals surface area contributed by atoms with Gasteiger partial charge in [0.15, 0.2) is 0 Å². The third-order valence-corrected chi connectivity index (χ3v) is 2.49. The Labute approximate surface area is 95.0 Å². The maximum atomic E-state index is 10.5. The van der Waals surface area contributed by atoms with E-state index in [1.165, 1.54) is 5.56 Å². The Kier molecular flexibility index (Phi) is 4.31. The van der Waals surface area contributed by atoms with Crippen LogP contribution in [0.25, 0.3) is 0 Å². The molecule has 16 heavy (non-hydrogen) atoms. The van der Waals surface area contributed by atoms with Crippen LogP contribution in [-0.2, 0) is 4.79 Å². The Balaban J connectivity index is 2.43. The number of nitrogens with two attached hydrogens (primary N) is 1. The molecule has 0 radical (unpaired) electrons. The Morgan fingerprint density at radius 1 is 1.44 bits per heavy atom. The molecule has 0 amide bonds. The lowest BCUT2D eigenvalue weighted by molar-refractivity contribution is -0.138. The van der Waals surface area contributed by atoms with Crippen LogP contribution in [0.1, 0.15) is 17.5 Å². The molecule has 0 aliphatic heterocycles. The molecule has 4 nitrogen and oxygen atoms in total. The minimum Gasteiger partial charge on any atom is -0.494 e. The van der Waals surface area contributed by atoms with E-state index >= 15 is 0 Å². The number of aryl methyl sites for hydroxylation is 2. The van der Waals surface area contributed by atoms with Crippen molar-refractivity contribution in [1.29, 1.82) is 0 Å². The monoisotopic (exact) mass is 223 g/mol. The second kappa shape index (κ2) is 5.51. The van der Waals surface area contributed by atoms with Crippen LogP contribution in [0.2, 0.25) is 0 Å². The van der Waals surface area contributed by atoms with Gasteiger partial charge in [-0.2, -0.15) is 0 Å². The van der Waals surface area contributed by atoms with Gasteiger partial charge >= 0.3 is 5.97 Å². The Bertz CT molecular complexity index is 377. The summed E-state index contributed by atoms with van der Waals surface area (Å²) in [5.74, 6) is -0.246. The number of ether oxygens (including phenoxy) is 1. The molecular weight excluding hydrogens is 206 g/mol. The Morgan fingerprint density at radius 2 is 2.12 bits per heavy atom. The smallest absolute Gasteiger partial charge is 0.320 e. The van der Waals surface area contributed by atoms with Crippen molar-refractivity contribution in [3.8, 4) is 5.75 Å². The molecule has 1 atom stereocenters. The van der Waals surface area contributed by atoms with Crippen molar-refractivity contribution in [3.63, 3.8) is 0 Å². The summed E-state index contributed by atoms with van der Waals surface area (Å²) in [4.78, 5) is 10.5. The van der Waals surface area contributed by atoms with Crippen LogP contribution in [0.5, 0.6) is 5.75 Å². The van der Waals surface area contributed by atoms with E-state index in [4.69, 9.17) is 15.6 Å². The van der Waals surface area contributed by atoms with E-state index in [0.717, 1.165) is 11.3 Å². The Morgan fingerprint density at radius 3 is 2.69 bits per heavy atom. The summed E-state index contributed by atoms with van der Waals surface area (Å²) in [5, 5.41) is 8.58. The van der Waals surface area contributed by atoms with Gasteiger partial charge in [-0.15, -0.1) is 0 Å². The van der Waals surface area contributed by atoms with Crippen molar-refractivity contribution in [2.24, 2.45) is 5.73 Å². The molecule has 1 rings (SSSR count). The summed E-state index contributed by atoms with van der Waals surface area (Å²) >= 11 is 0. The van der Waals surface area contributed by atoms with E-state index in [1.54, 1.807) is 0 Å². The fourth-order valence-electron chi connectivity index (χ4n) is 1.23. The lowest BCUT2D eigenvalue weighted by Gasteiger charge is -2.10. The first-order valence-electron chi connectivity index (χ1n) is 5.19. The van der Waals surface area contributed by atoms with E-state index in [9.17, 15) is 4.79 Å². The molecule has 0 aliphatic carbocycles. The number of hydrogen-bond donors (Lipinski definition) is 2. The third kappa shape index (κ3) is 3.55. The fourth-order valence-corrected chi connectivity index (χ4v) is 1.23. The summed E-state index contributed by atoms with van der Waals surface area (Å²) in [6.45, 7) is 4.35. The van der Waals surface area contributed by atoms with Gasteiger partial charge in [0, 0.05) is 6.42 Å². The van der Waals surface area contributed by atoms with Crippen LogP contribution in [0.3, 0.4) is 0 Å². The molecule has 0 fully saturated rings. The normalized spacial score (nSPS) is 12.2. The topological polar surface area (TPSA) is 72.5 Å². The average Bonchev–Trinajstić information content (AvgIpc) is 2.23. The lowest BCUT2D eigenvalue weighted by Crippen LogP contribution is -2.31. The number of carboxylic acids is 1. The van der Waals surface area contributed by atoms with Crippen LogP contribution in [0.15, 0.2) is 18.2 Å². The standard InChI is InChI=1S/C12H17NO3/c1-8-3-4-10(7-9(8)2)16-6-5-11(13)12(14)15/h3-4,7,11H,5-6,13H2,1-2H3,(H,14,15). The molecule has 3 N–H and O–H groups in total. The average molecular weight is 223 g/mol. The van der Waals surface area contributed by atoms with E-state index < -0.39 is 12.0 Å². The highest BCUT2D eigenvalue weighted by Gasteiger charge is 2.10. The molecule has 1 aromatic rings. The van der Waals surface area contributed by atoms with E-state index in [1.807, 2.05) is 32.0 Å². The quantitative estimate of drug-likeness (QED) is 0.793. The number of benzene rings is 1. The molecule has 0 saturated heterocycles. The van der Waals surface area contributed by atoms with Gasteiger partial charge in [-0.1, -0.05) is 6.07 Å². The van der Waals surface area contributed by atoms with Crippen LogP contribution < -0.4 is 10.5 Å². The predicted molar refractivity (Wildman–Crippen MR) is 61.6 cm³/mol. The molecule has 0 spiro atoms. The number of carboxylic acid groups (broad SMARTS) is 1. The molecule has 1 unspecified atom stereocenters. The second-order valence-corrected chi connectivity index (χ2v) is 3.83. The zero-order valence-electron chi connectivity index (χ0n) is 9.56. The molecule has 88 valence electrons. The number of aliphatic carboxylic acids is 1. The summed E-state index contributed by atoms with van der Waals surface area (Å²) in [7, 11) is 0. The van der Waals surface area contributed by atoms with Gasteiger partial charge in [0.25, 0.3) is 0 Å². The van der Waals surface area contributed by atoms with Gasteiger partial charge in [-0.05, 0) is 37.1 Å². The van der Waals surface area contributed by atoms with Gasteiger partial charge in [0.05, 0.1) is 6.61 Å². The zero-order valence-corrected chi connectivity index (χ0v) is 9.56. The van der Waals surface area contributed by atoms with Gasteiger partial charge in [-0.3, -0.25) is 4.79 Å². The molecule has 4 heteroatoms. The van der Waals surface area contributed by atoms with Crippen LogP contribution in [-0.4, -0.2) is 23.7 Å². The number of rotatable bonds is 5. The minimum atomic E-state index is -0.997. The minimum absolute atomic E-state index is 0.308. The third-order valence-electron chi connectivity index (χ3n) is 2.49. The van der Waals surface area contributed by atoms with Crippen LogP contribution in [0, 0.1) is 13.8 Å². The summed E-state index contributed by atoms with van der Waals surface area (Å²) in [6.07, 6.45) is 0.308. The largest absolute Gasteiger partial charge is 0.494 e. The maximum Gasteiger partial charge on any atom is 0.320 e. The summed E-state index contributed by atoms with van der Waals surface area (Å²) in [6, 6.07) is 4.92. The molecule has 0 heterocycles. The SMILES string of the molecule is Cc1ccc(OCCC(N)C(=O)O)cc1C. The van der Waals surface area contributed by atoms with Gasteiger partial charge in [0.1, 0.15) is 11.8 Å². The highest BCUT2D eigenvalue weighted by Crippen LogP contribution is 2.16. The maximum absolute atomic E-state index is 10.5. The zero-order chi connectivity index (χ0) is 12.1. The number of carbonyl (C=O) groups is 1. The van der Waals surface area contributed by atoms with Crippen LogP contribution >= 0.6 is 0 Å². The predicted octanol–water partition coefficient (Wildman–Crippen LogP) is 1.48. The Hall–Kier alpha value is -1.55. The van der Waals surface area contributed by atoms with E-state index in [-0.39, 0.29) is 0 Å². The van der Waals surface area contributed by atoms with E-state index in [2.05, 4.69) is 0 Å². The first kappa shape index (κ1) is 12.5. The van der Waals surface area contributed by atoms with Crippen molar-refractivity contribution < 1.29 is 14.6 Å². The first-order chi connectivity index (χ1) is 7.50. The van der Waals surface area contributed by atoms with Crippen molar-refractivity contribution >= 4 is 5.97 Å². The number of hydrogen-bond acceptors (Lipinski definition) is 3. The van der Waals surface area contributed by atoms with Gasteiger partial charge in [0.2, 0.25) is 0 Å². The molecule has 0 bridgehead atoms. The van der Waals surface area contributed by atoms with Gasteiger partial charge in [-0.25, -0.2) is 0 Å².